The molecule has 3 aromatic carbocycles. The van der Waals surface area contributed by atoms with Gasteiger partial charge in [-0.3, -0.25) is 4.79 Å². The average Bonchev–Trinajstić information content (AvgIpc) is 3.14. The van der Waals surface area contributed by atoms with Crippen molar-refractivity contribution >= 4 is 23.4 Å². The average molecular weight is 433 g/mol. The Morgan fingerprint density at radius 3 is 2.35 bits per heavy atom. The van der Waals surface area contributed by atoms with Crippen molar-refractivity contribution in [3.8, 4) is 0 Å². The van der Waals surface area contributed by atoms with Crippen molar-refractivity contribution in [1.29, 1.82) is 0 Å². The summed E-state index contributed by atoms with van der Waals surface area (Å²) in [6.07, 6.45) is 0. The monoisotopic (exact) mass is 432 g/mol. The number of aryl methyl sites for hydroxylation is 1. The number of nitrogens with zero attached hydrogens (tertiary/aromatic N) is 3. The second kappa shape index (κ2) is 9.57. The molecule has 0 saturated carbocycles. The molecule has 0 atom stereocenters. The zero-order valence-electron chi connectivity index (χ0n) is 17.0. The van der Waals surface area contributed by atoms with E-state index in [1.165, 1.54) is 29.8 Å². The van der Waals surface area contributed by atoms with Crippen LogP contribution in [0.4, 0.5) is 10.1 Å². The number of aromatic nitrogens is 3. The molecule has 4 aromatic rings. The fraction of sp³-hybridized carbons (Fsp3) is 0.125. The maximum atomic E-state index is 13.0. The second-order valence-corrected chi connectivity index (χ2v) is 7.99. The van der Waals surface area contributed by atoms with Crippen LogP contribution in [0.25, 0.3) is 0 Å². The quantitative estimate of drug-likeness (QED) is 0.402. The van der Waals surface area contributed by atoms with E-state index in [1.807, 2.05) is 37.3 Å². The van der Waals surface area contributed by atoms with E-state index in [0.717, 1.165) is 23.1 Å². The van der Waals surface area contributed by atoms with Gasteiger partial charge >= 0.3 is 0 Å². The van der Waals surface area contributed by atoms with Crippen LogP contribution in [-0.4, -0.2) is 20.7 Å². The molecule has 0 fully saturated rings. The minimum atomic E-state index is -0.338. The molecule has 5 nitrogen and oxygen atoms in total. The van der Waals surface area contributed by atoms with Crippen LogP contribution in [0.5, 0.6) is 0 Å². The Kier molecular flexibility index (Phi) is 6.43. The molecule has 31 heavy (non-hydrogen) atoms. The molecule has 0 aliphatic rings. The number of nitrogens with one attached hydrogen (secondary N) is 1. The van der Waals surface area contributed by atoms with Crippen LogP contribution in [-0.2, 0) is 12.3 Å². The molecule has 4 rings (SSSR count). The second-order valence-electron chi connectivity index (χ2n) is 7.05. The number of hydrogen-bond acceptors (Lipinski definition) is 4. The third kappa shape index (κ3) is 5.38. The highest BCUT2D eigenvalue weighted by atomic mass is 32.2. The zero-order chi connectivity index (χ0) is 21.6. The molecule has 0 bridgehead atoms. The normalized spacial score (nSPS) is 10.8. The molecular weight excluding hydrogens is 411 g/mol. The van der Waals surface area contributed by atoms with Crippen molar-refractivity contribution in [3.63, 3.8) is 0 Å². The van der Waals surface area contributed by atoms with E-state index in [4.69, 9.17) is 0 Å². The Balaban J connectivity index is 1.38. The van der Waals surface area contributed by atoms with Gasteiger partial charge in [-0.2, -0.15) is 0 Å². The molecule has 0 aliphatic carbocycles. The van der Waals surface area contributed by atoms with Crippen molar-refractivity contribution in [1.82, 2.24) is 14.8 Å². The molecule has 7 heteroatoms. The summed E-state index contributed by atoms with van der Waals surface area (Å²) < 4.78 is 15.1. The first-order valence-electron chi connectivity index (χ1n) is 9.81. The molecule has 0 unspecified atom stereocenters. The Hall–Kier alpha value is -3.45. The fourth-order valence-electron chi connectivity index (χ4n) is 3.05. The highest BCUT2D eigenvalue weighted by Crippen LogP contribution is 2.23. The fourth-order valence-corrected chi connectivity index (χ4v) is 3.99. The van der Waals surface area contributed by atoms with Crippen LogP contribution in [0.15, 0.2) is 84.0 Å². The van der Waals surface area contributed by atoms with Crippen LogP contribution >= 0.6 is 11.8 Å². The summed E-state index contributed by atoms with van der Waals surface area (Å²) in [5.74, 6) is 1.02. The first-order chi connectivity index (χ1) is 15.1. The molecule has 0 aliphatic heterocycles. The predicted octanol–water partition coefficient (Wildman–Crippen LogP) is 5.32. The molecule has 1 amide bonds. The number of thioether (sulfide) groups is 1. The number of carbonyl (C=O) groups excluding carboxylic acids is 1. The van der Waals surface area contributed by atoms with Gasteiger partial charge < -0.3 is 9.88 Å². The van der Waals surface area contributed by atoms with Gasteiger partial charge in [-0.25, -0.2) is 4.39 Å². The van der Waals surface area contributed by atoms with Crippen LogP contribution in [0.2, 0.25) is 0 Å². The standard InChI is InChI=1S/C24H21FN4OS/c1-17-27-28-24(29(17)15-18-5-3-2-4-6-18)31-16-19-7-9-20(10-8-19)23(30)26-22-13-11-21(25)12-14-22/h2-14H,15-16H2,1H3,(H,26,30). The largest absolute Gasteiger partial charge is 0.322 e. The number of amides is 1. The van der Waals surface area contributed by atoms with E-state index in [1.54, 1.807) is 23.9 Å². The van der Waals surface area contributed by atoms with E-state index in [2.05, 4.69) is 32.2 Å². The van der Waals surface area contributed by atoms with Crippen molar-refractivity contribution in [2.24, 2.45) is 0 Å². The van der Waals surface area contributed by atoms with Gasteiger partial charge in [-0.1, -0.05) is 54.2 Å². The Morgan fingerprint density at radius 1 is 0.935 bits per heavy atom. The molecule has 1 N–H and O–H groups in total. The van der Waals surface area contributed by atoms with Crippen molar-refractivity contribution in [2.45, 2.75) is 24.4 Å². The number of hydrogen-bond donors (Lipinski definition) is 1. The molecule has 1 heterocycles. The highest BCUT2D eigenvalue weighted by molar-refractivity contribution is 7.98. The van der Waals surface area contributed by atoms with Crippen LogP contribution in [0.3, 0.4) is 0 Å². The summed E-state index contributed by atoms with van der Waals surface area (Å²) in [5, 5.41) is 12.2. The Morgan fingerprint density at radius 2 is 1.65 bits per heavy atom. The van der Waals surface area contributed by atoms with Gasteiger partial charge in [0.1, 0.15) is 11.6 Å². The molecule has 1 aromatic heterocycles. The van der Waals surface area contributed by atoms with E-state index >= 15 is 0 Å². The van der Waals surface area contributed by atoms with Crippen molar-refractivity contribution in [3.05, 3.63) is 107 Å². The van der Waals surface area contributed by atoms with Gasteiger partial charge in [0.05, 0.1) is 6.54 Å². The first kappa shape index (κ1) is 20.8. The highest BCUT2D eigenvalue weighted by Gasteiger charge is 2.11. The SMILES string of the molecule is Cc1nnc(SCc2ccc(C(=O)Nc3ccc(F)cc3)cc2)n1Cc1ccccc1. The van der Waals surface area contributed by atoms with Gasteiger partial charge in [0.15, 0.2) is 5.16 Å². The third-order valence-electron chi connectivity index (χ3n) is 4.77. The Bertz CT molecular complexity index is 1160. The number of halogens is 1. The van der Waals surface area contributed by atoms with E-state index in [-0.39, 0.29) is 11.7 Å². The topological polar surface area (TPSA) is 59.8 Å². The van der Waals surface area contributed by atoms with Gasteiger partial charge in [-0.15, -0.1) is 10.2 Å². The van der Waals surface area contributed by atoms with Crippen LogP contribution in [0, 0.1) is 12.7 Å². The summed E-state index contributed by atoms with van der Waals surface area (Å²) in [6.45, 7) is 2.68. The summed E-state index contributed by atoms with van der Waals surface area (Å²) in [4.78, 5) is 12.4. The molecule has 0 radical (unpaired) electrons. The number of benzene rings is 3. The van der Waals surface area contributed by atoms with Gasteiger partial charge in [-0.05, 0) is 54.4 Å². The number of anilines is 1. The lowest BCUT2D eigenvalue weighted by molar-refractivity contribution is 0.102. The Labute approximate surface area is 184 Å². The smallest absolute Gasteiger partial charge is 0.255 e. The van der Waals surface area contributed by atoms with Gasteiger partial charge in [0, 0.05) is 17.0 Å². The van der Waals surface area contributed by atoms with Gasteiger partial charge in [0.2, 0.25) is 0 Å². The molecule has 156 valence electrons. The third-order valence-corrected chi connectivity index (χ3v) is 5.81. The lowest BCUT2D eigenvalue weighted by Gasteiger charge is -2.09. The first-order valence-corrected chi connectivity index (χ1v) is 10.8. The predicted molar refractivity (Wildman–Crippen MR) is 121 cm³/mol. The van der Waals surface area contributed by atoms with Crippen LogP contribution < -0.4 is 5.32 Å². The summed E-state index contributed by atoms with van der Waals surface area (Å²) in [5.41, 5.74) is 3.37. The molecule has 0 spiro atoms. The minimum absolute atomic E-state index is 0.232. The van der Waals surface area contributed by atoms with E-state index in [9.17, 15) is 9.18 Å². The minimum Gasteiger partial charge on any atom is -0.322 e. The summed E-state index contributed by atoms with van der Waals surface area (Å²) >= 11 is 1.61. The van der Waals surface area contributed by atoms with Crippen molar-refractivity contribution in [2.75, 3.05) is 5.32 Å². The lowest BCUT2D eigenvalue weighted by atomic mass is 10.1. The van der Waals surface area contributed by atoms with Crippen LogP contribution in [0.1, 0.15) is 27.3 Å². The van der Waals surface area contributed by atoms with Crippen molar-refractivity contribution < 1.29 is 9.18 Å². The van der Waals surface area contributed by atoms with E-state index in [0.29, 0.717) is 17.0 Å². The lowest BCUT2D eigenvalue weighted by Crippen LogP contribution is -2.11. The maximum absolute atomic E-state index is 13.0. The summed E-state index contributed by atoms with van der Waals surface area (Å²) in [7, 11) is 0. The zero-order valence-corrected chi connectivity index (χ0v) is 17.8. The summed E-state index contributed by atoms with van der Waals surface area (Å²) in [6, 6.07) is 23.3. The number of carbonyl (C=O) groups is 1. The molecular formula is C24H21FN4OS. The maximum Gasteiger partial charge on any atom is 0.255 e. The molecule has 0 saturated heterocycles. The van der Waals surface area contributed by atoms with E-state index < -0.39 is 0 Å². The number of rotatable bonds is 7. The van der Waals surface area contributed by atoms with Gasteiger partial charge in [0.25, 0.3) is 5.91 Å².